The molecule has 6 heterocycles. The minimum absolute atomic E-state index is 0.00245. The Kier molecular flexibility index (Phi) is 4.89. The first kappa shape index (κ1) is 20.9. The standard InChI is InChI=1S/C25H30F2N4O2/c1-4-14-5-6-28-24-21(14)33-23(20-8-16(27)11-31(20)24)19-9-18(13(2)3)22-25(29-19)30-10-15(26)7-17(30)12-32-22/h5-6,9,13,15-17,20,23H,4,7-8,10-12H2,1-3H3/t15-,16+,17?,20+,23?/m0/s1. The zero-order chi connectivity index (χ0) is 22.9. The first-order valence-electron chi connectivity index (χ1n) is 12.1. The largest absolute Gasteiger partial charge is 0.487 e. The average molecular weight is 457 g/mol. The lowest BCUT2D eigenvalue weighted by Gasteiger charge is -2.40. The molecule has 0 bridgehead atoms. The number of hydrogen-bond acceptors (Lipinski definition) is 6. The molecule has 2 fully saturated rings. The highest BCUT2D eigenvalue weighted by Gasteiger charge is 2.47. The number of aryl methyl sites for hydroxylation is 1. The molecule has 176 valence electrons. The van der Waals surface area contributed by atoms with Crippen molar-refractivity contribution in [3.63, 3.8) is 0 Å². The van der Waals surface area contributed by atoms with Gasteiger partial charge in [-0.25, -0.2) is 18.7 Å². The topological polar surface area (TPSA) is 50.7 Å². The molecule has 4 aliphatic heterocycles. The van der Waals surface area contributed by atoms with Gasteiger partial charge in [-0.05, 0) is 30.0 Å². The fourth-order valence-corrected chi connectivity index (χ4v) is 5.83. The second kappa shape index (κ2) is 7.71. The van der Waals surface area contributed by atoms with Gasteiger partial charge in [0, 0.05) is 24.6 Å². The van der Waals surface area contributed by atoms with Crippen LogP contribution < -0.4 is 19.3 Å². The van der Waals surface area contributed by atoms with Crippen molar-refractivity contribution in [2.24, 2.45) is 0 Å². The molecule has 2 saturated heterocycles. The second-order valence-corrected chi connectivity index (χ2v) is 9.96. The maximum atomic E-state index is 14.7. The van der Waals surface area contributed by atoms with E-state index in [1.54, 1.807) is 6.20 Å². The number of ether oxygens (including phenoxy) is 2. The van der Waals surface area contributed by atoms with Crippen molar-refractivity contribution in [2.45, 2.75) is 76.5 Å². The Morgan fingerprint density at radius 3 is 2.67 bits per heavy atom. The first-order chi connectivity index (χ1) is 15.9. The molecule has 4 aliphatic rings. The molecule has 0 aromatic carbocycles. The molecule has 2 aromatic rings. The number of fused-ring (bicyclic) bond motifs is 6. The van der Waals surface area contributed by atoms with Crippen LogP contribution in [-0.2, 0) is 6.42 Å². The van der Waals surface area contributed by atoms with Crippen molar-refractivity contribution >= 4 is 11.6 Å². The number of alkyl halides is 2. The van der Waals surface area contributed by atoms with E-state index in [1.807, 2.05) is 12.1 Å². The summed E-state index contributed by atoms with van der Waals surface area (Å²) in [5.74, 6) is 3.09. The van der Waals surface area contributed by atoms with Gasteiger partial charge in [0.15, 0.2) is 29.2 Å². The molecular weight excluding hydrogens is 426 g/mol. The Balaban J connectivity index is 1.48. The molecule has 6 nitrogen and oxygen atoms in total. The fraction of sp³-hybridized carbons (Fsp3) is 0.600. The predicted octanol–water partition coefficient (Wildman–Crippen LogP) is 4.52. The summed E-state index contributed by atoms with van der Waals surface area (Å²) in [6.07, 6.45) is 1.14. The maximum absolute atomic E-state index is 14.7. The summed E-state index contributed by atoms with van der Waals surface area (Å²) < 4.78 is 41.7. The van der Waals surface area contributed by atoms with Crippen LogP contribution >= 0.6 is 0 Å². The number of nitrogens with zero attached hydrogens (tertiary/aromatic N) is 4. The highest BCUT2D eigenvalue weighted by atomic mass is 19.1. The molecule has 6 rings (SSSR count). The van der Waals surface area contributed by atoms with Gasteiger partial charge in [0.05, 0.1) is 30.9 Å². The molecule has 0 radical (unpaired) electrons. The van der Waals surface area contributed by atoms with Crippen LogP contribution in [0, 0.1) is 0 Å². The van der Waals surface area contributed by atoms with Crippen LogP contribution in [0.5, 0.6) is 11.5 Å². The lowest BCUT2D eigenvalue weighted by atomic mass is 9.96. The monoisotopic (exact) mass is 456 g/mol. The molecule has 0 amide bonds. The number of rotatable bonds is 3. The third kappa shape index (κ3) is 3.24. The lowest BCUT2D eigenvalue weighted by molar-refractivity contribution is 0.149. The average Bonchev–Trinajstić information content (AvgIpc) is 3.38. The van der Waals surface area contributed by atoms with E-state index in [9.17, 15) is 8.78 Å². The quantitative estimate of drug-likeness (QED) is 0.677. The third-order valence-electron chi connectivity index (χ3n) is 7.48. The Labute approximate surface area is 192 Å². The van der Waals surface area contributed by atoms with Crippen LogP contribution in [0.4, 0.5) is 20.4 Å². The molecule has 0 aliphatic carbocycles. The molecule has 33 heavy (non-hydrogen) atoms. The van der Waals surface area contributed by atoms with Gasteiger partial charge in [0.1, 0.15) is 19.0 Å². The Morgan fingerprint density at radius 1 is 1.09 bits per heavy atom. The number of anilines is 2. The number of halogens is 2. The zero-order valence-corrected chi connectivity index (χ0v) is 19.3. The van der Waals surface area contributed by atoms with Crippen LogP contribution in [-0.4, -0.2) is 54.1 Å². The van der Waals surface area contributed by atoms with E-state index in [0.29, 0.717) is 38.4 Å². The van der Waals surface area contributed by atoms with Crippen LogP contribution in [0.1, 0.15) is 62.5 Å². The fourth-order valence-electron chi connectivity index (χ4n) is 5.83. The minimum atomic E-state index is -0.945. The van der Waals surface area contributed by atoms with E-state index >= 15 is 0 Å². The van der Waals surface area contributed by atoms with Crippen LogP contribution in [0.25, 0.3) is 0 Å². The molecule has 5 atom stereocenters. The van der Waals surface area contributed by atoms with Gasteiger partial charge in [-0.1, -0.05) is 20.8 Å². The molecule has 0 spiro atoms. The lowest BCUT2D eigenvalue weighted by Crippen LogP contribution is -2.43. The van der Waals surface area contributed by atoms with Crippen molar-refractivity contribution in [3.05, 3.63) is 35.2 Å². The predicted molar refractivity (Wildman–Crippen MR) is 122 cm³/mol. The summed E-state index contributed by atoms with van der Waals surface area (Å²) in [5.41, 5.74) is 2.84. The van der Waals surface area contributed by atoms with E-state index in [4.69, 9.17) is 14.5 Å². The first-order valence-corrected chi connectivity index (χ1v) is 12.1. The van der Waals surface area contributed by atoms with E-state index in [-0.39, 0.29) is 18.0 Å². The van der Waals surface area contributed by atoms with Crippen LogP contribution in [0.15, 0.2) is 18.3 Å². The van der Waals surface area contributed by atoms with E-state index < -0.39 is 18.4 Å². The Morgan fingerprint density at radius 2 is 1.88 bits per heavy atom. The summed E-state index contributed by atoms with van der Waals surface area (Å²) in [6, 6.07) is 3.82. The summed E-state index contributed by atoms with van der Waals surface area (Å²) in [4.78, 5) is 13.7. The van der Waals surface area contributed by atoms with Crippen molar-refractivity contribution in [1.82, 2.24) is 9.97 Å². The second-order valence-electron chi connectivity index (χ2n) is 9.96. The summed E-state index contributed by atoms with van der Waals surface area (Å²) in [6.45, 7) is 7.43. The molecule has 0 N–H and O–H groups in total. The maximum Gasteiger partial charge on any atom is 0.172 e. The minimum Gasteiger partial charge on any atom is -0.487 e. The SMILES string of the molecule is CCc1ccnc2c1OC(c1cc(C(C)C)c3c(n1)N1C[C@@H](F)CC1CO3)[C@H]1C[C@@H](F)CN21. The number of aromatic nitrogens is 2. The van der Waals surface area contributed by atoms with Gasteiger partial charge in [-0.15, -0.1) is 0 Å². The molecule has 0 saturated carbocycles. The molecule has 2 aromatic heterocycles. The number of hydrogen-bond donors (Lipinski definition) is 0. The Bertz CT molecular complexity index is 1080. The van der Waals surface area contributed by atoms with Crippen molar-refractivity contribution in [2.75, 3.05) is 29.5 Å². The van der Waals surface area contributed by atoms with Gasteiger partial charge >= 0.3 is 0 Å². The van der Waals surface area contributed by atoms with Crippen molar-refractivity contribution in [1.29, 1.82) is 0 Å². The Hall–Kier alpha value is -2.64. The number of pyridine rings is 2. The van der Waals surface area contributed by atoms with Gasteiger partial charge in [-0.2, -0.15) is 0 Å². The van der Waals surface area contributed by atoms with Gasteiger partial charge in [0.2, 0.25) is 0 Å². The van der Waals surface area contributed by atoms with E-state index in [2.05, 4.69) is 35.6 Å². The van der Waals surface area contributed by atoms with Gasteiger partial charge in [0.25, 0.3) is 0 Å². The highest BCUT2D eigenvalue weighted by molar-refractivity contribution is 5.64. The third-order valence-corrected chi connectivity index (χ3v) is 7.48. The zero-order valence-electron chi connectivity index (χ0n) is 19.3. The van der Waals surface area contributed by atoms with Gasteiger partial charge in [-0.3, -0.25) is 0 Å². The normalized spacial score (nSPS) is 29.8. The van der Waals surface area contributed by atoms with Crippen molar-refractivity contribution in [3.8, 4) is 11.5 Å². The molecule has 8 heteroatoms. The van der Waals surface area contributed by atoms with E-state index in [1.165, 1.54) is 0 Å². The molecular formula is C25H30F2N4O2. The van der Waals surface area contributed by atoms with Crippen LogP contribution in [0.2, 0.25) is 0 Å². The highest BCUT2D eigenvalue weighted by Crippen LogP contribution is 2.49. The van der Waals surface area contributed by atoms with Gasteiger partial charge < -0.3 is 19.3 Å². The molecule has 2 unspecified atom stereocenters. The van der Waals surface area contributed by atoms with Crippen molar-refractivity contribution < 1.29 is 18.3 Å². The van der Waals surface area contributed by atoms with Crippen LogP contribution in [0.3, 0.4) is 0 Å². The summed E-state index contributed by atoms with van der Waals surface area (Å²) in [7, 11) is 0. The summed E-state index contributed by atoms with van der Waals surface area (Å²) >= 11 is 0. The van der Waals surface area contributed by atoms with E-state index in [0.717, 1.165) is 40.6 Å². The summed E-state index contributed by atoms with van der Waals surface area (Å²) in [5, 5.41) is 0. The smallest absolute Gasteiger partial charge is 0.172 e.